The number of nitrogens with zero attached hydrogens (tertiary/aromatic N) is 1. The van der Waals surface area contributed by atoms with Crippen molar-refractivity contribution >= 4 is 12.0 Å². The zero-order chi connectivity index (χ0) is 12.8. The van der Waals surface area contributed by atoms with Crippen LogP contribution in [0.5, 0.6) is 0 Å². The minimum absolute atomic E-state index is 0.441. The summed E-state index contributed by atoms with van der Waals surface area (Å²) in [6, 6.07) is 0.889. The van der Waals surface area contributed by atoms with Gasteiger partial charge in [-0.05, 0) is 12.3 Å². The van der Waals surface area contributed by atoms with E-state index < -0.39 is 35.3 Å². The van der Waals surface area contributed by atoms with Crippen molar-refractivity contribution in [2.24, 2.45) is 10.7 Å². The molecule has 0 saturated heterocycles. The summed E-state index contributed by atoms with van der Waals surface area (Å²) in [4.78, 5) is 15.0. The zero-order valence-corrected chi connectivity index (χ0v) is 8.66. The smallest absolute Gasteiger partial charge is 0.190 e. The first-order valence-electron chi connectivity index (χ1n) is 4.60. The predicted octanol–water partition coefficient (Wildman–Crippen LogP) is 1.83. The van der Waals surface area contributed by atoms with E-state index in [0.29, 0.717) is 12.1 Å². The molecule has 1 aromatic carbocycles. The first-order chi connectivity index (χ1) is 8.06. The van der Waals surface area contributed by atoms with Gasteiger partial charge in [0.05, 0.1) is 5.56 Å². The van der Waals surface area contributed by atoms with Gasteiger partial charge in [0.2, 0.25) is 0 Å². The van der Waals surface area contributed by atoms with Gasteiger partial charge in [0.1, 0.15) is 24.0 Å². The molecular formula is C11H9F3N2O. The third-order valence-electron chi connectivity index (χ3n) is 1.82. The summed E-state index contributed by atoms with van der Waals surface area (Å²) in [5, 5.41) is 0. The Kier molecular flexibility index (Phi) is 4.45. The molecule has 0 atom stereocenters. The number of rotatable bonds is 4. The topological polar surface area (TPSA) is 55.4 Å². The number of hydrogen-bond donors (Lipinski definition) is 1. The summed E-state index contributed by atoms with van der Waals surface area (Å²) in [6.45, 7) is -0.441. The predicted molar refractivity (Wildman–Crippen MR) is 57.3 cm³/mol. The minimum atomic E-state index is -1.24. The van der Waals surface area contributed by atoms with Gasteiger partial charge < -0.3 is 5.73 Å². The van der Waals surface area contributed by atoms with Crippen molar-refractivity contribution in [1.82, 2.24) is 0 Å². The molecule has 90 valence electrons. The lowest BCUT2D eigenvalue weighted by Crippen LogP contribution is -2.10. The number of nitrogens with two attached hydrogens (primary N) is 1. The van der Waals surface area contributed by atoms with Crippen LogP contribution in [0.1, 0.15) is 10.4 Å². The van der Waals surface area contributed by atoms with Crippen molar-refractivity contribution in [2.45, 2.75) is 0 Å². The highest BCUT2D eigenvalue weighted by Gasteiger charge is 2.18. The molecule has 0 aliphatic rings. The van der Waals surface area contributed by atoms with Crippen LogP contribution in [-0.2, 0) is 0 Å². The lowest BCUT2D eigenvalue weighted by atomic mass is 10.1. The molecule has 3 nitrogen and oxygen atoms in total. The molecule has 0 aliphatic carbocycles. The van der Waals surface area contributed by atoms with Gasteiger partial charge in [-0.3, -0.25) is 9.79 Å². The Balaban J connectivity index is 2.89. The number of Topliss-reactive ketones (excluding diaryl/α,β-unsaturated/α-hetero) is 1. The lowest BCUT2D eigenvalue weighted by Gasteiger charge is -2.02. The maximum atomic E-state index is 13.2. The minimum Gasteiger partial charge on any atom is -0.405 e. The van der Waals surface area contributed by atoms with E-state index in [1.54, 1.807) is 0 Å². The number of allylic oxidation sites excluding steroid dienone is 1. The van der Waals surface area contributed by atoms with Gasteiger partial charge in [-0.2, -0.15) is 0 Å². The van der Waals surface area contributed by atoms with Crippen LogP contribution in [0, 0.1) is 17.5 Å². The molecule has 2 N–H and O–H groups in total. The molecule has 0 spiro atoms. The second kappa shape index (κ2) is 5.83. The monoisotopic (exact) mass is 242 g/mol. The van der Waals surface area contributed by atoms with E-state index in [2.05, 4.69) is 4.99 Å². The molecule has 0 radical (unpaired) electrons. The van der Waals surface area contributed by atoms with Crippen molar-refractivity contribution in [2.75, 3.05) is 6.54 Å². The fourth-order valence-electron chi connectivity index (χ4n) is 1.13. The highest BCUT2D eigenvalue weighted by Crippen LogP contribution is 2.15. The fourth-order valence-corrected chi connectivity index (χ4v) is 1.13. The van der Waals surface area contributed by atoms with Crippen molar-refractivity contribution in [3.05, 3.63) is 47.4 Å². The van der Waals surface area contributed by atoms with Gasteiger partial charge >= 0.3 is 0 Å². The SMILES string of the molecule is NC=CC=NCC(=O)c1c(F)cc(F)cc1F. The van der Waals surface area contributed by atoms with Crippen LogP contribution in [0.25, 0.3) is 0 Å². The lowest BCUT2D eigenvalue weighted by molar-refractivity contribution is 0.0994. The van der Waals surface area contributed by atoms with Gasteiger partial charge in [0, 0.05) is 18.3 Å². The van der Waals surface area contributed by atoms with Crippen LogP contribution in [0.3, 0.4) is 0 Å². The molecular weight excluding hydrogens is 233 g/mol. The van der Waals surface area contributed by atoms with Crippen LogP contribution in [0.15, 0.2) is 29.4 Å². The summed E-state index contributed by atoms with van der Waals surface area (Å²) in [5.41, 5.74) is 4.21. The van der Waals surface area contributed by atoms with Crippen molar-refractivity contribution in [3.63, 3.8) is 0 Å². The molecule has 0 fully saturated rings. The number of carbonyl (C=O) groups is 1. The second-order valence-electron chi connectivity index (χ2n) is 3.04. The third kappa shape index (κ3) is 3.44. The molecule has 0 saturated carbocycles. The number of hydrogen-bond acceptors (Lipinski definition) is 3. The third-order valence-corrected chi connectivity index (χ3v) is 1.82. The van der Waals surface area contributed by atoms with Crippen molar-refractivity contribution < 1.29 is 18.0 Å². The van der Waals surface area contributed by atoms with Crippen LogP contribution in [0.4, 0.5) is 13.2 Å². The van der Waals surface area contributed by atoms with E-state index in [1.807, 2.05) is 0 Å². The summed E-state index contributed by atoms with van der Waals surface area (Å²) in [6.07, 6.45) is 3.76. The number of carbonyl (C=O) groups excluding carboxylic acids is 1. The molecule has 0 aliphatic heterocycles. The van der Waals surface area contributed by atoms with Gasteiger partial charge in [0.15, 0.2) is 5.78 Å². The maximum absolute atomic E-state index is 13.2. The molecule has 1 rings (SSSR count). The Bertz CT molecular complexity index is 461. The van der Waals surface area contributed by atoms with Crippen molar-refractivity contribution in [1.29, 1.82) is 0 Å². The number of aliphatic imine (C=N–C) groups is 1. The number of halogens is 3. The highest BCUT2D eigenvalue weighted by atomic mass is 19.1. The van der Waals surface area contributed by atoms with Crippen LogP contribution in [-0.4, -0.2) is 18.5 Å². The Labute approximate surface area is 95.5 Å². The number of benzene rings is 1. The molecule has 1 aromatic rings. The van der Waals surface area contributed by atoms with E-state index in [-0.39, 0.29) is 0 Å². The summed E-state index contributed by atoms with van der Waals surface area (Å²) in [7, 11) is 0. The Morgan fingerprint density at radius 2 is 1.88 bits per heavy atom. The summed E-state index contributed by atoms with van der Waals surface area (Å²) < 4.78 is 38.9. The largest absolute Gasteiger partial charge is 0.405 e. The molecule has 0 heterocycles. The van der Waals surface area contributed by atoms with E-state index in [1.165, 1.54) is 18.5 Å². The second-order valence-corrected chi connectivity index (χ2v) is 3.04. The van der Waals surface area contributed by atoms with Gasteiger partial charge in [-0.25, -0.2) is 13.2 Å². The van der Waals surface area contributed by atoms with E-state index in [9.17, 15) is 18.0 Å². The van der Waals surface area contributed by atoms with Crippen molar-refractivity contribution in [3.8, 4) is 0 Å². The Morgan fingerprint density at radius 3 is 2.41 bits per heavy atom. The molecule has 0 unspecified atom stereocenters. The first kappa shape index (κ1) is 13.0. The summed E-state index contributed by atoms with van der Waals surface area (Å²) in [5.74, 6) is -4.43. The standard InChI is InChI=1S/C11H9F3N2O/c12-7-4-8(13)11(9(14)5-7)10(17)6-16-3-1-2-15/h1-5H,6,15H2. The van der Waals surface area contributed by atoms with Crippen LogP contribution >= 0.6 is 0 Å². The van der Waals surface area contributed by atoms with Gasteiger partial charge in [0.25, 0.3) is 0 Å². The Morgan fingerprint density at radius 1 is 1.29 bits per heavy atom. The first-order valence-corrected chi connectivity index (χ1v) is 4.60. The van der Waals surface area contributed by atoms with Crippen LogP contribution < -0.4 is 5.73 Å². The average molecular weight is 242 g/mol. The molecule has 0 aromatic heterocycles. The van der Waals surface area contributed by atoms with E-state index >= 15 is 0 Å². The molecule has 6 heteroatoms. The van der Waals surface area contributed by atoms with E-state index in [0.717, 1.165) is 0 Å². The maximum Gasteiger partial charge on any atom is 0.190 e. The van der Waals surface area contributed by atoms with Gasteiger partial charge in [-0.15, -0.1) is 0 Å². The number of ketones is 1. The van der Waals surface area contributed by atoms with Gasteiger partial charge in [-0.1, -0.05) is 0 Å². The fraction of sp³-hybridized carbons (Fsp3) is 0.0909. The zero-order valence-electron chi connectivity index (χ0n) is 8.66. The molecule has 0 bridgehead atoms. The normalized spacial score (nSPS) is 11.5. The Hall–Kier alpha value is -2.11. The van der Waals surface area contributed by atoms with E-state index in [4.69, 9.17) is 5.73 Å². The average Bonchev–Trinajstić information content (AvgIpc) is 2.23. The quantitative estimate of drug-likeness (QED) is 0.646. The summed E-state index contributed by atoms with van der Waals surface area (Å²) >= 11 is 0. The highest BCUT2D eigenvalue weighted by molar-refractivity contribution is 5.98. The van der Waals surface area contributed by atoms with Crippen LogP contribution in [0.2, 0.25) is 0 Å². The molecule has 17 heavy (non-hydrogen) atoms. The molecule has 0 amide bonds.